The predicted octanol–water partition coefficient (Wildman–Crippen LogP) is 10.1. The van der Waals surface area contributed by atoms with Crippen molar-refractivity contribution < 1.29 is 85.8 Å². The van der Waals surface area contributed by atoms with Crippen LogP contribution in [0.4, 0.5) is 0 Å². The summed E-state index contributed by atoms with van der Waals surface area (Å²) < 4.78 is 43.0. The Labute approximate surface area is 486 Å². The molecule has 2 atom stereocenters. The van der Waals surface area contributed by atoms with E-state index in [-0.39, 0.29) is 45.4 Å². The summed E-state index contributed by atoms with van der Waals surface area (Å²) in [5.41, 5.74) is 5.15. The van der Waals surface area contributed by atoms with Gasteiger partial charge in [-0.25, -0.2) is 19.2 Å². The van der Waals surface area contributed by atoms with Gasteiger partial charge in [-0.15, -0.1) is 0 Å². The molecule has 0 spiro atoms. The lowest BCUT2D eigenvalue weighted by atomic mass is 9.74. The largest absolute Gasteiger partial charge is 0.458 e. The SMILES string of the molecule is C=C(C)C(=O)OCC(COC(=O)C(=C)C)OC(=O)CCC(=O)Oc1ccccc1C(C)C1=C/C(=C2/C=C(C(C)c3ccccc3OC(=O)CCC(=O)OC(COC(=O)C(=C)C)COC(=O)C(=C)C)C(=O)c3ccccc32)c2ccccc2C1=O. The van der Waals surface area contributed by atoms with Gasteiger partial charge in [0.05, 0.1) is 25.7 Å². The number of benzene rings is 4. The molecule has 0 N–H and O–H groups in total. The number of para-hydroxylation sites is 2. The molecule has 0 aliphatic heterocycles. The average Bonchev–Trinajstić information content (AvgIpc) is 1.09. The van der Waals surface area contributed by atoms with Crippen LogP contribution < -0.4 is 9.47 Å². The van der Waals surface area contributed by atoms with Crippen molar-refractivity contribution in [2.75, 3.05) is 26.4 Å². The molecule has 436 valence electrons. The molecule has 0 radical (unpaired) electrons. The van der Waals surface area contributed by atoms with Crippen LogP contribution in [0.5, 0.6) is 11.5 Å². The van der Waals surface area contributed by atoms with E-state index >= 15 is 0 Å². The van der Waals surface area contributed by atoms with Crippen LogP contribution in [0, 0.1) is 0 Å². The van der Waals surface area contributed by atoms with Crippen LogP contribution in [0.25, 0.3) is 11.1 Å². The fraction of sp³-hybridized carbons (Fsp3) is 0.273. The van der Waals surface area contributed by atoms with Gasteiger partial charge in [-0.1, -0.05) is 125 Å². The van der Waals surface area contributed by atoms with Gasteiger partial charge in [0.1, 0.15) is 37.9 Å². The highest BCUT2D eigenvalue weighted by molar-refractivity contribution is 6.24. The van der Waals surface area contributed by atoms with Crippen molar-refractivity contribution in [1.29, 1.82) is 0 Å². The van der Waals surface area contributed by atoms with Gasteiger partial charge in [-0.2, -0.15) is 0 Å². The van der Waals surface area contributed by atoms with E-state index in [9.17, 15) is 47.9 Å². The quantitative estimate of drug-likeness (QED) is 0.0245. The second-order valence-electron chi connectivity index (χ2n) is 20.0. The van der Waals surface area contributed by atoms with Crippen LogP contribution >= 0.6 is 0 Å². The zero-order chi connectivity index (χ0) is 61.4. The molecule has 0 bridgehead atoms. The summed E-state index contributed by atoms with van der Waals surface area (Å²) in [5, 5.41) is 0. The summed E-state index contributed by atoms with van der Waals surface area (Å²) in [5.74, 6) is -8.13. The maximum Gasteiger partial charge on any atom is 0.333 e. The van der Waals surface area contributed by atoms with E-state index < -0.39 is 124 Å². The fourth-order valence-corrected chi connectivity index (χ4v) is 8.67. The molecule has 2 aliphatic rings. The number of ketones is 2. The molecule has 6 rings (SSSR count). The molecular formula is C66H64O18. The van der Waals surface area contributed by atoms with E-state index in [1.54, 1.807) is 111 Å². The van der Waals surface area contributed by atoms with E-state index in [0.29, 0.717) is 55.7 Å². The Bertz CT molecular complexity index is 3170. The van der Waals surface area contributed by atoms with Crippen LogP contribution in [0.2, 0.25) is 0 Å². The first kappa shape index (κ1) is 63.3. The van der Waals surface area contributed by atoms with Crippen LogP contribution in [-0.2, 0) is 66.8 Å². The maximum absolute atomic E-state index is 14.7. The first-order valence-electron chi connectivity index (χ1n) is 26.7. The van der Waals surface area contributed by atoms with Crippen molar-refractivity contribution in [1.82, 2.24) is 0 Å². The van der Waals surface area contributed by atoms with Crippen molar-refractivity contribution in [3.63, 3.8) is 0 Å². The van der Waals surface area contributed by atoms with Crippen LogP contribution in [0.1, 0.15) is 122 Å². The Kier molecular flexibility index (Phi) is 22.0. The fourth-order valence-electron chi connectivity index (χ4n) is 8.67. The molecule has 0 saturated carbocycles. The molecule has 0 aromatic heterocycles. The topological polar surface area (TPSA) is 245 Å². The molecule has 4 aromatic rings. The lowest BCUT2D eigenvalue weighted by Crippen LogP contribution is -2.31. The van der Waals surface area contributed by atoms with E-state index in [4.69, 9.17) is 37.9 Å². The minimum atomic E-state index is -1.21. The normalized spacial score (nSPS) is 14.0. The Hall–Kier alpha value is -9.84. The summed E-state index contributed by atoms with van der Waals surface area (Å²) in [4.78, 5) is 130. The number of allylic oxidation sites excluding steroid dienone is 6. The lowest BCUT2D eigenvalue weighted by molar-refractivity contribution is -0.165. The van der Waals surface area contributed by atoms with Crippen molar-refractivity contribution >= 4 is 70.5 Å². The summed E-state index contributed by atoms with van der Waals surface area (Å²) in [6.45, 7) is 21.5. The maximum atomic E-state index is 14.7. The molecule has 0 saturated heterocycles. The molecule has 0 heterocycles. The number of hydrogen-bond acceptors (Lipinski definition) is 18. The summed E-state index contributed by atoms with van der Waals surface area (Å²) in [6.07, 6.45) is -0.669. The van der Waals surface area contributed by atoms with Gasteiger partial charge in [0.25, 0.3) is 0 Å². The number of rotatable bonds is 26. The van der Waals surface area contributed by atoms with Crippen molar-refractivity contribution in [2.24, 2.45) is 0 Å². The molecule has 0 amide bonds. The van der Waals surface area contributed by atoms with Crippen molar-refractivity contribution in [3.8, 4) is 11.5 Å². The van der Waals surface area contributed by atoms with E-state index in [0.717, 1.165) is 0 Å². The second kappa shape index (κ2) is 29.2. The monoisotopic (exact) mass is 1140 g/mol. The van der Waals surface area contributed by atoms with Crippen LogP contribution in [-0.4, -0.2) is 98.0 Å². The molecule has 2 aliphatic carbocycles. The van der Waals surface area contributed by atoms with Gasteiger partial charge in [0.2, 0.25) is 0 Å². The first-order valence-corrected chi connectivity index (χ1v) is 26.7. The Morgan fingerprint density at radius 3 is 0.976 bits per heavy atom. The van der Waals surface area contributed by atoms with Crippen molar-refractivity contribution in [3.05, 3.63) is 202 Å². The Balaban J connectivity index is 1.24. The molecule has 4 aromatic carbocycles. The minimum Gasteiger partial charge on any atom is -0.458 e. The number of Topliss-reactive ketones (excluding diaryl/α,β-unsaturated/α-hetero) is 2. The number of hydrogen-bond donors (Lipinski definition) is 0. The standard InChI is InChI=1S/C66H64O18/c1-37(2)63(73)77-33-43(34-78-64(74)38(3)4)81-57(67)27-29-59(69)83-55-25-17-15-19-45(55)41(9)51-31-53(47-21-11-13-23-49(47)61(51)71)54-32-52(62(72)50-24-14-12-22-48(50)54)42(10)46-20-16-18-26-56(46)84-60(70)30-28-58(68)82-44(35-79-65(75)39(5)6)36-80-66(76)40(7)8/h11-26,31-32,41-44H,1,3,5,7,27-30,33-36H2,2,4,6,8-10H3/b54-53+. The Morgan fingerprint density at radius 2 is 0.667 bits per heavy atom. The first-order chi connectivity index (χ1) is 39.9. The summed E-state index contributed by atoms with van der Waals surface area (Å²) in [6, 6.07) is 27.4. The van der Waals surface area contributed by atoms with E-state index in [2.05, 4.69) is 26.3 Å². The predicted molar refractivity (Wildman–Crippen MR) is 307 cm³/mol. The molecule has 18 heteroatoms. The zero-order valence-electron chi connectivity index (χ0n) is 47.5. The molecular weight excluding hydrogens is 1080 g/mol. The van der Waals surface area contributed by atoms with Gasteiger partial charge >= 0.3 is 47.8 Å². The van der Waals surface area contributed by atoms with Crippen LogP contribution in [0.3, 0.4) is 0 Å². The van der Waals surface area contributed by atoms with Gasteiger partial charge in [-0.05, 0) is 74.3 Å². The highest BCUT2D eigenvalue weighted by Crippen LogP contribution is 2.46. The molecule has 18 nitrogen and oxygen atoms in total. The number of fused-ring (bicyclic) bond motifs is 2. The third-order valence-electron chi connectivity index (χ3n) is 13.1. The molecule has 84 heavy (non-hydrogen) atoms. The highest BCUT2D eigenvalue weighted by atomic mass is 16.6. The Morgan fingerprint density at radius 1 is 0.393 bits per heavy atom. The molecule has 2 unspecified atom stereocenters. The van der Waals surface area contributed by atoms with Gasteiger partial charge in [0, 0.05) is 67.5 Å². The third-order valence-corrected chi connectivity index (χ3v) is 13.1. The van der Waals surface area contributed by atoms with Crippen LogP contribution in [0.15, 0.2) is 169 Å². The zero-order valence-corrected chi connectivity index (χ0v) is 47.5. The van der Waals surface area contributed by atoms with Gasteiger partial charge < -0.3 is 37.9 Å². The number of carbonyl (C=O) groups excluding carboxylic acids is 10. The smallest absolute Gasteiger partial charge is 0.333 e. The number of carbonyl (C=O) groups is 10. The van der Waals surface area contributed by atoms with Gasteiger partial charge in [-0.3, -0.25) is 28.8 Å². The van der Waals surface area contributed by atoms with Crippen molar-refractivity contribution in [2.45, 2.75) is 91.3 Å². The number of ether oxygens (including phenoxy) is 8. The van der Waals surface area contributed by atoms with Gasteiger partial charge in [0.15, 0.2) is 23.8 Å². The summed E-state index contributed by atoms with van der Waals surface area (Å²) >= 11 is 0. The second-order valence-corrected chi connectivity index (χ2v) is 20.0. The number of esters is 8. The molecule has 0 fully saturated rings. The highest BCUT2D eigenvalue weighted by Gasteiger charge is 2.35. The van der Waals surface area contributed by atoms with E-state index in [1.165, 1.54) is 27.7 Å². The lowest BCUT2D eigenvalue weighted by Gasteiger charge is -2.28. The minimum absolute atomic E-state index is 0.0921. The van der Waals surface area contributed by atoms with E-state index in [1.807, 2.05) is 12.1 Å². The third kappa shape index (κ3) is 16.6. The average molecular weight is 1150 g/mol. The summed E-state index contributed by atoms with van der Waals surface area (Å²) in [7, 11) is 0.